The predicted molar refractivity (Wildman–Crippen MR) is 114 cm³/mol. The molecule has 0 saturated carbocycles. The number of benzene rings is 2. The number of carbonyl (C=O) groups is 1. The number of anilines is 1. The minimum atomic E-state index is -2.51. The van der Waals surface area contributed by atoms with Gasteiger partial charge in [0.1, 0.15) is 6.54 Å². The predicted octanol–water partition coefficient (Wildman–Crippen LogP) is 3.97. The molecule has 0 saturated heterocycles. The molecule has 2 unspecified atom stereocenters. The van der Waals surface area contributed by atoms with Gasteiger partial charge in [-0.25, -0.2) is 0 Å². The van der Waals surface area contributed by atoms with Crippen molar-refractivity contribution in [2.24, 2.45) is 0 Å². The lowest BCUT2D eigenvalue weighted by atomic mass is 9.92. The van der Waals surface area contributed by atoms with Crippen LogP contribution in [0.1, 0.15) is 30.1 Å². The van der Waals surface area contributed by atoms with E-state index < -0.39 is 23.3 Å². The van der Waals surface area contributed by atoms with Crippen molar-refractivity contribution in [1.82, 2.24) is 9.78 Å². The molecule has 1 aliphatic carbocycles. The quantitative estimate of drug-likeness (QED) is 0.580. The zero-order chi connectivity index (χ0) is 21.3. The van der Waals surface area contributed by atoms with E-state index in [1.165, 1.54) is 8.99 Å². The van der Waals surface area contributed by atoms with E-state index in [9.17, 15) is 13.6 Å². The highest BCUT2D eigenvalue weighted by Crippen LogP contribution is 2.38. The summed E-state index contributed by atoms with van der Waals surface area (Å²) in [7, 11) is 0. The lowest BCUT2D eigenvalue weighted by Crippen LogP contribution is -2.33. The Balaban J connectivity index is 1.67. The maximum absolute atomic E-state index is 12.2. The van der Waals surface area contributed by atoms with Gasteiger partial charge in [0, 0.05) is 33.2 Å². The fraction of sp³-hybridized carbons (Fsp3) is 0.238. The standard InChI is InChI=1S/C21H20ClN3O4S/c22-16-4-1-3-15(11-16)14-7-9-17(10-8-14)25(30(28)29)20-6-2-5-19-18(20)12-23-24(19)13-21(26)27/h1,3-4,7-12,20H,2,5-6,13H2,(H,26,27)(H,28,29)/p-1. The number of carboxylic acid groups (broad SMARTS) is 1. The van der Waals surface area contributed by atoms with Crippen LogP contribution in [0.5, 0.6) is 0 Å². The molecule has 0 fully saturated rings. The van der Waals surface area contributed by atoms with Crippen LogP contribution in [-0.2, 0) is 29.0 Å². The maximum Gasteiger partial charge on any atom is 0.325 e. The van der Waals surface area contributed by atoms with Gasteiger partial charge in [0.25, 0.3) is 0 Å². The van der Waals surface area contributed by atoms with Crippen LogP contribution < -0.4 is 4.31 Å². The van der Waals surface area contributed by atoms with E-state index in [-0.39, 0.29) is 6.54 Å². The normalized spacial score (nSPS) is 16.7. The Morgan fingerprint density at radius 1 is 1.27 bits per heavy atom. The molecule has 1 N–H and O–H groups in total. The molecule has 9 heteroatoms. The van der Waals surface area contributed by atoms with Crippen LogP contribution in [0.25, 0.3) is 11.1 Å². The monoisotopic (exact) mass is 444 g/mol. The van der Waals surface area contributed by atoms with Crippen molar-refractivity contribution in [3.63, 3.8) is 0 Å². The summed E-state index contributed by atoms with van der Waals surface area (Å²) in [5.41, 5.74) is 3.94. The van der Waals surface area contributed by atoms with Gasteiger partial charge in [-0.15, -0.1) is 0 Å². The summed E-state index contributed by atoms with van der Waals surface area (Å²) in [4.78, 5) is 11.1. The van der Waals surface area contributed by atoms with E-state index in [0.717, 1.165) is 28.8 Å². The fourth-order valence-corrected chi connectivity index (χ4v) is 4.85. The van der Waals surface area contributed by atoms with E-state index in [1.807, 2.05) is 30.3 Å². The Kier molecular flexibility index (Phi) is 5.90. The van der Waals surface area contributed by atoms with Crippen LogP contribution in [0.2, 0.25) is 5.02 Å². The summed E-state index contributed by atoms with van der Waals surface area (Å²) < 4.78 is 27.1. The summed E-state index contributed by atoms with van der Waals surface area (Å²) in [6.07, 6.45) is 3.64. The molecule has 0 aliphatic heterocycles. The molecule has 30 heavy (non-hydrogen) atoms. The first-order chi connectivity index (χ1) is 14.4. The van der Waals surface area contributed by atoms with Crippen molar-refractivity contribution in [3.8, 4) is 11.1 Å². The van der Waals surface area contributed by atoms with Gasteiger partial charge in [-0.05, 0) is 54.7 Å². The van der Waals surface area contributed by atoms with Crippen molar-refractivity contribution in [3.05, 3.63) is 71.0 Å². The third-order valence-electron chi connectivity index (χ3n) is 5.24. The van der Waals surface area contributed by atoms with Crippen LogP contribution in [0.15, 0.2) is 54.7 Å². The largest absolute Gasteiger partial charge is 0.755 e. The number of rotatable bonds is 6. The SMILES string of the molecule is O=C(O)Cn1ncc2c1CCCC2N(c1ccc(-c2cccc(Cl)c2)cc1)S(=O)[O-]. The average Bonchev–Trinajstić information content (AvgIpc) is 3.11. The smallest absolute Gasteiger partial charge is 0.325 e. The fourth-order valence-electron chi connectivity index (χ4n) is 3.94. The van der Waals surface area contributed by atoms with Crippen molar-refractivity contribution < 1.29 is 18.7 Å². The topological polar surface area (TPSA) is 98.5 Å². The third-order valence-corrected chi connectivity index (χ3v) is 6.26. The molecule has 2 aromatic carbocycles. The van der Waals surface area contributed by atoms with Gasteiger partial charge in [-0.1, -0.05) is 35.9 Å². The number of hydrogen-bond acceptors (Lipinski definition) is 4. The number of carboxylic acids is 1. The molecule has 0 spiro atoms. The second-order valence-corrected chi connectivity index (χ2v) is 8.37. The van der Waals surface area contributed by atoms with Crippen molar-refractivity contribution in [2.45, 2.75) is 31.8 Å². The highest BCUT2D eigenvalue weighted by atomic mass is 35.5. The highest BCUT2D eigenvalue weighted by molar-refractivity contribution is 7.80. The van der Waals surface area contributed by atoms with Gasteiger partial charge in [-0.2, -0.15) is 5.10 Å². The summed E-state index contributed by atoms with van der Waals surface area (Å²) in [5.74, 6) is -0.983. The zero-order valence-electron chi connectivity index (χ0n) is 15.9. The molecule has 1 aliphatic rings. The van der Waals surface area contributed by atoms with Crippen LogP contribution in [0, 0.1) is 0 Å². The molecular weight excluding hydrogens is 426 g/mol. The molecule has 1 aromatic heterocycles. The van der Waals surface area contributed by atoms with Crippen molar-refractivity contribution >= 4 is 34.5 Å². The second kappa shape index (κ2) is 8.59. The Morgan fingerprint density at radius 2 is 2.03 bits per heavy atom. The van der Waals surface area contributed by atoms with Crippen molar-refractivity contribution in [2.75, 3.05) is 4.31 Å². The van der Waals surface area contributed by atoms with Crippen LogP contribution in [-0.4, -0.2) is 29.6 Å². The first kappa shape index (κ1) is 20.6. The summed E-state index contributed by atoms with van der Waals surface area (Å²) in [5, 5.41) is 13.9. The van der Waals surface area contributed by atoms with E-state index in [2.05, 4.69) is 5.10 Å². The minimum Gasteiger partial charge on any atom is -0.755 e. The van der Waals surface area contributed by atoms with Gasteiger partial charge >= 0.3 is 5.97 Å². The second-order valence-electron chi connectivity index (χ2n) is 7.11. The Morgan fingerprint density at radius 3 is 2.70 bits per heavy atom. The highest BCUT2D eigenvalue weighted by Gasteiger charge is 2.30. The number of halogens is 1. The number of aliphatic carboxylic acids is 1. The van der Waals surface area contributed by atoms with E-state index in [0.29, 0.717) is 23.6 Å². The van der Waals surface area contributed by atoms with Crippen LogP contribution in [0.3, 0.4) is 0 Å². The van der Waals surface area contributed by atoms with Gasteiger partial charge in [-0.3, -0.25) is 18.0 Å². The maximum atomic E-state index is 12.2. The number of fused-ring (bicyclic) bond motifs is 1. The lowest BCUT2D eigenvalue weighted by molar-refractivity contribution is -0.137. The first-order valence-corrected chi connectivity index (χ1v) is 10.9. The van der Waals surface area contributed by atoms with Gasteiger partial charge < -0.3 is 9.66 Å². The molecular formula is C21H19ClN3O4S-. The van der Waals surface area contributed by atoms with E-state index in [4.69, 9.17) is 16.7 Å². The van der Waals surface area contributed by atoms with E-state index >= 15 is 0 Å². The summed E-state index contributed by atoms with van der Waals surface area (Å²) in [6.45, 7) is -0.239. The third kappa shape index (κ3) is 4.12. The molecule has 0 bridgehead atoms. The van der Waals surface area contributed by atoms with Crippen LogP contribution >= 0.6 is 11.6 Å². The molecule has 4 rings (SSSR count). The molecule has 2 atom stereocenters. The van der Waals surface area contributed by atoms with Crippen LogP contribution in [0.4, 0.5) is 5.69 Å². The first-order valence-electron chi connectivity index (χ1n) is 9.45. The zero-order valence-corrected chi connectivity index (χ0v) is 17.5. The average molecular weight is 445 g/mol. The molecule has 0 radical (unpaired) electrons. The minimum absolute atomic E-state index is 0.239. The Bertz CT molecular complexity index is 1100. The molecule has 7 nitrogen and oxygen atoms in total. The molecule has 1 heterocycles. The number of nitrogens with zero attached hydrogens (tertiary/aromatic N) is 3. The molecule has 3 aromatic rings. The van der Waals surface area contributed by atoms with Gasteiger partial charge in [0.15, 0.2) is 0 Å². The van der Waals surface area contributed by atoms with Crippen molar-refractivity contribution in [1.29, 1.82) is 0 Å². The molecule has 0 amide bonds. The van der Waals surface area contributed by atoms with Gasteiger partial charge in [0.05, 0.1) is 12.2 Å². The number of aromatic nitrogens is 2. The Hall–Kier alpha value is -2.68. The summed E-state index contributed by atoms with van der Waals surface area (Å²) >= 11 is 3.56. The van der Waals surface area contributed by atoms with E-state index in [1.54, 1.807) is 24.4 Å². The summed E-state index contributed by atoms with van der Waals surface area (Å²) in [6, 6.07) is 14.3. The lowest BCUT2D eigenvalue weighted by Gasteiger charge is -2.37. The molecule has 156 valence electrons. The number of hydrogen-bond donors (Lipinski definition) is 1. The Labute approximate surface area is 181 Å². The van der Waals surface area contributed by atoms with Gasteiger partial charge in [0.2, 0.25) is 0 Å².